The van der Waals surface area contributed by atoms with Crippen molar-refractivity contribution in [3.63, 3.8) is 0 Å². The van der Waals surface area contributed by atoms with Gasteiger partial charge in [0, 0.05) is 49.3 Å². The number of nitrogens with zero attached hydrogens (tertiary/aromatic N) is 5. The van der Waals surface area contributed by atoms with Crippen molar-refractivity contribution in [2.24, 2.45) is 5.92 Å². The number of aromatic nitrogens is 4. The van der Waals surface area contributed by atoms with Gasteiger partial charge in [0.25, 0.3) is 0 Å². The third-order valence-corrected chi connectivity index (χ3v) is 7.30. The molecule has 35 heavy (non-hydrogen) atoms. The van der Waals surface area contributed by atoms with Gasteiger partial charge >= 0.3 is 0 Å². The zero-order valence-corrected chi connectivity index (χ0v) is 21.4. The third kappa shape index (κ3) is 5.06. The van der Waals surface area contributed by atoms with Crippen molar-refractivity contribution >= 4 is 41.2 Å². The van der Waals surface area contributed by atoms with Gasteiger partial charge in [-0.1, -0.05) is 26.0 Å². The second-order valence-corrected chi connectivity index (χ2v) is 9.26. The number of hydrogen-bond acceptors (Lipinski definition) is 5. The van der Waals surface area contributed by atoms with E-state index in [1.807, 2.05) is 19.9 Å². The van der Waals surface area contributed by atoms with Gasteiger partial charge in [-0.05, 0) is 73.8 Å². The number of aryl methyl sites for hydroxylation is 1. The lowest BCUT2D eigenvalue weighted by atomic mass is 9.97. The van der Waals surface area contributed by atoms with Crippen LogP contribution in [0.2, 0.25) is 0 Å². The molecule has 2 unspecified atom stereocenters. The summed E-state index contributed by atoms with van der Waals surface area (Å²) in [6.45, 7) is 5.07. The molecule has 1 aromatic carbocycles. The van der Waals surface area contributed by atoms with Crippen LogP contribution in [0.4, 0.5) is 5.82 Å². The Hall–Kier alpha value is -2.93. The average molecular weight is 469 g/mol. The van der Waals surface area contributed by atoms with Gasteiger partial charge in [0.1, 0.15) is 25.6 Å². The van der Waals surface area contributed by atoms with Gasteiger partial charge in [-0.15, -0.1) is 0 Å². The number of benzene rings is 1. The van der Waals surface area contributed by atoms with Gasteiger partial charge in [0.15, 0.2) is 0 Å². The van der Waals surface area contributed by atoms with Gasteiger partial charge < -0.3 is 14.6 Å². The lowest BCUT2D eigenvalue weighted by molar-refractivity contribution is 0.399. The van der Waals surface area contributed by atoms with Crippen LogP contribution in [-0.4, -0.2) is 53.2 Å². The number of aliphatic hydroxyl groups excluding tert-OH is 1. The first-order valence-corrected chi connectivity index (χ1v) is 12.8. The van der Waals surface area contributed by atoms with E-state index in [1.165, 1.54) is 42.2 Å². The summed E-state index contributed by atoms with van der Waals surface area (Å²) in [6.07, 6.45) is 10.8. The number of pyridine rings is 1. The number of aliphatic hydroxyl groups is 1. The summed E-state index contributed by atoms with van der Waals surface area (Å²) in [5, 5.41) is 9.23. The molecule has 3 aromatic heterocycles. The molecule has 1 aliphatic carbocycles. The second kappa shape index (κ2) is 11.2. The summed E-state index contributed by atoms with van der Waals surface area (Å²) in [5.41, 5.74) is 5.45. The normalized spacial score (nSPS) is 18.7. The maximum Gasteiger partial charge on any atom is 0.142 e. The van der Waals surface area contributed by atoms with Gasteiger partial charge in [-0.3, -0.25) is 4.98 Å². The van der Waals surface area contributed by atoms with Crippen LogP contribution in [-0.2, 0) is 12.8 Å². The smallest absolute Gasteiger partial charge is 0.142 e. The highest BCUT2D eigenvalue weighted by atomic mass is 16.2. The fourth-order valence-electron chi connectivity index (χ4n) is 5.53. The van der Waals surface area contributed by atoms with E-state index in [0.717, 1.165) is 54.8 Å². The Morgan fingerprint density at radius 1 is 1.09 bits per heavy atom. The standard InChI is InChI=1S/C25H26BN5.C2H6.CH4O/c1-30-10-8-19-14-18-6-4-17(13-22(18)29-24(19)30)3-2-16-5-7-20(12-16)31-11-9-21-23(26)27-15-28-25(21)31;2*1-2/h4,6,9,11,13-16,20H,2-3,5,7-8,10,12H2,1H3;1-2H3;2H,1H3. The molecule has 2 atom stereocenters. The summed E-state index contributed by atoms with van der Waals surface area (Å²) in [4.78, 5) is 15.8. The van der Waals surface area contributed by atoms with E-state index < -0.39 is 0 Å². The topological polar surface area (TPSA) is 67.1 Å². The van der Waals surface area contributed by atoms with E-state index >= 15 is 0 Å². The fraction of sp³-hybridized carbons (Fsp3) is 0.464. The Balaban J connectivity index is 0.000000689. The van der Waals surface area contributed by atoms with Crippen molar-refractivity contribution < 1.29 is 5.11 Å². The Kier molecular flexibility index (Phi) is 8.06. The average Bonchev–Trinajstić information content (AvgIpc) is 3.63. The van der Waals surface area contributed by atoms with Crippen LogP contribution < -0.4 is 10.5 Å². The number of fused-ring (bicyclic) bond motifs is 3. The van der Waals surface area contributed by atoms with Crippen LogP contribution in [0.25, 0.3) is 21.9 Å². The predicted octanol–water partition coefficient (Wildman–Crippen LogP) is 4.37. The number of rotatable bonds is 4. The van der Waals surface area contributed by atoms with Crippen LogP contribution in [0.1, 0.15) is 56.7 Å². The maximum absolute atomic E-state index is 7.00. The molecule has 7 heteroatoms. The third-order valence-electron chi connectivity index (χ3n) is 7.30. The zero-order chi connectivity index (χ0) is 24.9. The van der Waals surface area contributed by atoms with E-state index in [9.17, 15) is 0 Å². The molecule has 6 rings (SSSR count). The molecule has 4 heterocycles. The Morgan fingerprint density at radius 2 is 1.91 bits per heavy atom. The molecule has 182 valence electrons. The predicted molar refractivity (Wildman–Crippen MR) is 146 cm³/mol. The summed E-state index contributed by atoms with van der Waals surface area (Å²) in [6, 6.07) is 11.7. The van der Waals surface area contributed by atoms with Crippen LogP contribution in [0.15, 0.2) is 42.9 Å². The molecule has 6 nitrogen and oxygen atoms in total. The largest absolute Gasteiger partial charge is 0.400 e. The Labute approximate surface area is 209 Å². The van der Waals surface area contributed by atoms with Crippen LogP contribution in [0.3, 0.4) is 0 Å². The first-order valence-electron chi connectivity index (χ1n) is 12.8. The lowest BCUT2D eigenvalue weighted by Crippen LogP contribution is -2.13. The zero-order valence-electron chi connectivity index (χ0n) is 21.4. The minimum absolute atomic E-state index is 0.508. The van der Waals surface area contributed by atoms with E-state index in [0.29, 0.717) is 11.6 Å². The molecule has 0 spiro atoms. The molecule has 2 radical (unpaired) electrons. The molecule has 0 saturated heterocycles. The van der Waals surface area contributed by atoms with Gasteiger partial charge in [0.05, 0.1) is 5.52 Å². The monoisotopic (exact) mass is 469 g/mol. The molecule has 4 aromatic rings. The van der Waals surface area contributed by atoms with E-state index in [2.05, 4.69) is 56.9 Å². The summed E-state index contributed by atoms with van der Waals surface area (Å²) in [7, 11) is 9.15. The summed E-state index contributed by atoms with van der Waals surface area (Å²) >= 11 is 0. The summed E-state index contributed by atoms with van der Waals surface area (Å²) < 4.78 is 2.31. The van der Waals surface area contributed by atoms with Crippen molar-refractivity contribution in [1.82, 2.24) is 19.5 Å². The van der Waals surface area contributed by atoms with Crippen molar-refractivity contribution in [1.29, 1.82) is 0 Å². The lowest BCUT2D eigenvalue weighted by Gasteiger charge is -2.15. The molecule has 1 fully saturated rings. The number of anilines is 1. The maximum atomic E-state index is 7.00. The van der Waals surface area contributed by atoms with E-state index in [-0.39, 0.29) is 0 Å². The highest BCUT2D eigenvalue weighted by Crippen LogP contribution is 2.38. The van der Waals surface area contributed by atoms with Crippen LogP contribution >= 0.6 is 0 Å². The fourth-order valence-corrected chi connectivity index (χ4v) is 5.53. The minimum atomic E-state index is 0.508. The number of hydrogen-bond donors (Lipinski definition) is 1. The van der Waals surface area contributed by atoms with Crippen molar-refractivity contribution in [2.75, 3.05) is 25.6 Å². The molecule has 2 aliphatic rings. The Bertz CT molecular complexity index is 1290. The van der Waals surface area contributed by atoms with Crippen molar-refractivity contribution in [2.45, 2.75) is 58.4 Å². The summed E-state index contributed by atoms with van der Waals surface area (Å²) in [5.74, 6) is 1.91. The SMILES string of the molecule is CC.CO.[B]c1ncnc2c1ccn2C1CCC(CCc2ccc3cc4c(nc3c2)N(C)CC4)C1. The molecular formula is C28H36BN5O. The highest BCUT2D eigenvalue weighted by Gasteiger charge is 2.27. The van der Waals surface area contributed by atoms with Gasteiger partial charge in [-0.25, -0.2) is 9.97 Å². The minimum Gasteiger partial charge on any atom is -0.400 e. The Morgan fingerprint density at radius 3 is 2.74 bits per heavy atom. The first-order chi connectivity index (χ1) is 17.2. The molecule has 1 aliphatic heterocycles. The molecule has 0 amide bonds. The second-order valence-electron chi connectivity index (χ2n) is 9.26. The van der Waals surface area contributed by atoms with E-state index in [1.54, 1.807) is 6.33 Å². The quantitative estimate of drug-likeness (QED) is 0.450. The van der Waals surface area contributed by atoms with Gasteiger partial charge in [0.2, 0.25) is 0 Å². The number of likely N-dealkylation sites (N-methyl/N-ethyl adjacent to an activating group) is 1. The van der Waals surface area contributed by atoms with Crippen molar-refractivity contribution in [3.8, 4) is 0 Å². The highest BCUT2D eigenvalue weighted by molar-refractivity contribution is 6.36. The van der Waals surface area contributed by atoms with Crippen LogP contribution in [0, 0.1) is 5.92 Å². The van der Waals surface area contributed by atoms with Crippen molar-refractivity contribution in [3.05, 3.63) is 54.0 Å². The molecular weight excluding hydrogens is 433 g/mol. The van der Waals surface area contributed by atoms with E-state index in [4.69, 9.17) is 17.9 Å². The molecule has 0 bridgehead atoms. The first kappa shape index (κ1) is 25.2. The molecule has 1 saturated carbocycles. The van der Waals surface area contributed by atoms with Gasteiger partial charge in [-0.2, -0.15) is 0 Å². The van der Waals surface area contributed by atoms with Crippen LogP contribution in [0.5, 0.6) is 0 Å². The molecule has 1 N–H and O–H groups in total.